The Morgan fingerprint density at radius 1 is 1.27 bits per heavy atom. The maximum absolute atomic E-state index is 13.4. The first-order valence-corrected chi connectivity index (χ1v) is 5.02. The first kappa shape index (κ1) is 12.2. The summed E-state index contributed by atoms with van der Waals surface area (Å²) in [5.74, 6) is -1.91. The van der Waals surface area contributed by atoms with Gasteiger partial charge in [0, 0.05) is 6.42 Å². The predicted octanol–water partition coefficient (Wildman–Crippen LogP) is 1.41. The zero-order valence-corrected chi connectivity index (χ0v) is 9.27. The molecular formula is C9H12ClFO4. The van der Waals surface area contributed by atoms with Gasteiger partial charge in [-0.25, -0.2) is 4.39 Å². The summed E-state index contributed by atoms with van der Waals surface area (Å²) in [4.78, 5) is 22.8. The Hall–Kier alpha value is -0.840. The minimum absolute atomic E-state index is 0.0625. The van der Waals surface area contributed by atoms with E-state index in [1.54, 1.807) is 13.8 Å². The van der Waals surface area contributed by atoms with E-state index in [2.05, 4.69) is 9.47 Å². The fourth-order valence-electron chi connectivity index (χ4n) is 1.32. The van der Waals surface area contributed by atoms with Crippen LogP contribution in [0.3, 0.4) is 0 Å². The lowest BCUT2D eigenvalue weighted by Crippen LogP contribution is -2.34. The first-order chi connectivity index (χ1) is 6.92. The highest BCUT2D eigenvalue weighted by molar-refractivity contribution is 6.32. The van der Waals surface area contributed by atoms with Crippen LogP contribution in [0.4, 0.5) is 4.39 Å². The van der Waals surface area contributed by atoms with Gasteiger partial charge in [0.1, 0.15) is 0 Å². The Labute approximate surface area is 91.7 Å². The van der Waals surface area contributed by atoms with Crippen LogP contribution in [0.5, 0.6) is 0 Å². The standard InChI is InChI=1S/C9H12ClFO4/c1-3-14-6(12)8(5-9(8,10)11)7(13)15-4-2/h3-5H2,1-2H3. The van der Waals surface area contributed by atoms with Crippen molar-refractivity contribution in [1.29, 1.82) is 0 Å². The molecule has 0 saturated heterocycles. The average Bonchev–Trinajstić information content (AvgIpc) is 2.72. The Morgan fingerprint density at radius 2 is 1.60 bits per heavy atom. The third-order valence-electron chi connectivity index (χ3n) is 2.23. The van der Waals surface area contributed by atoms with E-state index < -0.39 is 22.5 Å². The molecule has 1 atom stereocenters. The summed E-state index contributed by atoms with van der Waals surface area (Å²) in [6.45, 7) is 3.25. The molecule has 4 nitrogen and oxygen atoms in total. The Kier molecular flexibility index (Phi) is 3.23. The highest BCUT2D eigenvalue weighted by Gasteiger charge is 2.80. The monoisotopic (exact) mass is 238 g/mol. The van der Waals surface area contributed by atoms with Gasteiger partial charge in [-0.2, -0.15) is 0 Å². The van der Waals surface area contributed by atoms with Crippen LogP contribution in [0, 0.1) is 5.41 Å². The highest BCUT2D eigenvalue weighted by atomic mass is 35.5. The second kappa shape index (κ2) is 3.96. The van der Waals surface area contributed by atoms with Crippen molar-refractivity contribution in [2.45, 2.75) is 25.4 Å². The smallest absolute Gasteiger partial charge is 0.328 e. The number of rotatable bonds is 4. The number of hydrogen-bond donors (Lipinski definition) is 0. The van der Waals surface area contributed by atoms with Crippen molar-refractivity contribution in [3.05, 3.63) is 0 Å². The minimum Gasteiger partial charge on any atom is -0.465 e. The molecular weight excluding hydrogens is 227 g/mol. The molecule has 0 amide bonds. The lowest BCUT2D eigenvalue weighted by Gasteiger charge is -2.13. The van der Waals surface area contributed by atoms with E-state index in [0.717, 1.165) is 0 Å². The molecule has 1 fully saturated rings. The van der Waals surface area contributed by atoms with E-state index in [1.807, 2.05) is 0 Å². The van der Waals surface area contributed by atoms with E-state index in [1.165, 1.54) is 0 Å². The van der Waals surface area contributed by atoms with Gasteiger partial charge < -0.3 is 9.47 Å². The van der Waals surface area contributed by atoms with Crippen molar-refractivity contribution in [2.24, 2.45) is 5.41 Å². The molecule has 0 bridgehead atoms. The minimum atomic E-state index is -2.37. The maximum atomic E-state index is 13.4. The van der Waals surface area contributed by atoms with Gasteiger partial charge in [0.15, 0.2) is 0 Å². The summed E-state index contributed by atoms with van der Waals surface area (Å²) < 4.78 is 22.6. The molecule has 0 aromatic rings. The fraction of sp³-hybridized carbons (Fsp3) is 0.778. The number of halogens is 2. The summed E-state index contributed by atoms with van der Waals surface area (Å²) >= 11 is 5.36. The van der Waals surface area contributed by atoms with Gasteiger partial charge in [-0.05, 0) is 13.8 Å². The number of hydrogen-bond acceptors (Lipinski definition) is 4. The van der Waals surface area contributed by atoms with Crippen molar-refractivity contribution < 1.29 is 23.5 Å². The van der Waals surface area contributed by atoms with E-state index in [4.69, 9.17) is 11.6 Å². The molecule has 0 heterocycles. The van der Waals surface area contributed by atoms with E-state index in [9.17, 15) is 14.0 Å². The number of carbonyl (C=O) groups excluding carboxylic acids is 2. The quantitative estimate of drug-likeness (QED) is 0.422. The summed E-state index contributed by atoms with van der Waals surface area (Å²) in [6.07, 6.45) is -0.390. The molecule has 0 aliphatic heterocycles. The van der Waals surface area contributed by atoms with Crippen molar-refractivity contribution in [2.75, 3.05) is 13.2 Å². The molecule has 0 spiro atoms. The number of alkyl halides is 2. The van der Waals surface area contributed by atoms with Gasteiger partial charge in [0.2, 0.25) is 10.5 Å². The van der Waals surface area contributed by atoms with Crippen LogP contribution in [0.1, 0.15) is 20.3 Å². The average molecular weight is 239 g/mol. The van der Waals surface area contributed by atoms with Crippen LogP contribution < -0.4 is 0 Å². The van der Waals surface area contributed by atoms with Gasteiger partial charge in [-0.3, -0.25) is 9.59 Å². The van der Waals surface area contributed by atoms with E-state index >= 15 is 0 Å². The predicted molar refractivity (Wildman–Crippen MR) is 50.0 cm³/mol. The molecule has 15 heavy (non-hydrogen) atoms. The lowest BCUT2D eigenvalue weighted by atomic mass is 10.1. The van der Waals surface area contributed by atoms with Crippen LogP contribution in [0.15, 0.2) is 0 Å². The van der Waals surface area contributed by atoms with Gasteiger partial charge in [0.05, 0.1) is 13.2 Å². The van der Waals surface area contributed by atoms with Crippen LogP contribution in [0.25, 0.3) is 0 Å². The van der Waals surface area contributed by atoms with Crippen LogP contribution in [-0.2, 0) is 19.1 Å². The first-order valence-electron chi connectivity index (χ1n) is 4.64. The third-order valence-corrected chi connectivity index (χ3v) is 2.69. The molecule has 1 saturated carbocycles. The van der Waals surface area contributed by atoms with Crippen LogP contribution in [0.2, 0.25) is 0 Å². The van der Waals surface area contributed by atoms with Gasteiger partial charge >= 0.3 is 11.9 Å². The van der Waals surface area contributed by atoms with Gasteiger partial charge in [-0.15, -0.1) is 0 Å². The second-order valence-corrected chi connectivity index (χ2v) is 3.83. The zero-order chi connectivity index (χ0) is 11.7. The normalized spacial score (nSPS) is 26.9. The summed E-state index contributed by atoms with van der Waals surface area (Å²) in [5, 5.41) is -2.37. The molecule has 0 radical (unpaired) electrons. The summed E-state index contributed by atoms with van der Waals surface area (Å²) in [5.41, 5.74) is -1.96. The Balaban J connectivity index is 2.83. The lowest BCUT2D eigenvalue weighted by molar-refractivity contribution is -0.165. The van der Waals surface area contributed by atoms with Crippen molar-refractivity contribution >= 4 is 23.5 Å². The highest BCUT2D eigenvalue weighted by Crippen LogP contribution is 2.63. The summed E-state index contributed by atoms with van der Waals surface area (Å²) in [6, 6.07) is 0. The maximum Gasteiger partial charge on any atom is 0.328 e. The number of carbonyl (C=O) groups is 2. The third kappa shape index (κ3) is 1.80. The molecule has 0 N–H and O–H groups in total. The Bertz CT molecular complexity index is 272. The molecule has 0 aromatic carbocycles. The molecule has 86 valence electrons. The molecule has 0 aromatic heterocycles. The van der Waals surface area contributed by atoms with E-state index in [-0.39, 0.29) is 19.6 Å². The van der Waals surface area contributed by atoms with Crippen molar-refractivity contribution in [1.82, 2.24) is 0 Å². The Morgan fingerprint density at radius 3 is 1.80 bits per heavy atom. The van der Waals surface area contributed by atoms with Crippen molar-refractivity contribution in [3.8, 4) is 0 Å². The van der Waals surface area contributed by atoms with E-state index in [0.29, 0.717) is 0 Å². The molecule has 6 heteroatoms. The summed E-state index contributed by atoms with van der Waals surface area (Å²) in [7, 11) is 0. The SMILES string of the molecule is CCOC(=O)C1(C(=O)OCC)CC1(F)Cl. The number of esters is 2. The van der Waals surface area contributed by atoms with Crippen LogP contribution in [-0.4, -0.2) is 30.3 Å². The second-order valence-electron chi connectivity index (χ2n) is 3.23. The molecule has 1 rings (SSSR count). The largest absolute Gasteiger partial charge is 0.465 e. The van der Waals surface area contributed by atoms with Crippen LogP contribution >= 0.6 is 11.6 Å². The fourth-order valence-corrected chi connectivity index (χ4v) is 1.68. The van der Waals surface area contributed by atoms with Gasteiger partial charge in [-0.1, -0.05) is 11.6 Å². The molecule has 1 aliphatic rings. The van der Waals surface area contributed by atoms with Crippen molar-refractivity contribution in [3.63, 3.8) is 0 Å². The van der Waals surface area contributed by atoms with Gasteiger partial charge in [0.25, 0.3) is 0 Å². The zero-order valence-electron chi connectivity index (χ0n) is 8.51. The topological polar surface area (TPSA) is 52.6 Å². The molecule has 1 aliphatic carbocycles. The molecule has 1 unspecified atom stereocenters. The number of ether oxygens (including phenoxy) is 2.